The van der Waals surface area contributed by atoms with Crippen molar-refractivity contribution in [1.82, 2.24) is 14.2 Å². The van der Waals surface area contributed by atoms with Gasteiger partial charge in [0.25, 0.3) is 5.91 Å². The van der Waals surface area contributed by atoms with Gasteiger partial charge < -0.3 is 15.1 Å². The van der Waals surface area contributed by atoms with Gasteiger partial charge in [-0.15, -0.1) is 0 Å². The highest BCUT2D eigenvalue weighted by Gasteiger charge is 2.28. The lowest BCUT2D eigenvalue weighted by Gasteiger charge is -2.33. The maximum Gasteiger partial charge on any atom is 0.253 e. The first-order valence-electron chi connectivity index (χ1n) is 10.9. The Labute approximate surface area is 208 Å². The van der Waals surface area contributed by atoms with E-state index in [1.54, 1.807) is 35.4 Å². The van der Waals surface area contributed by atoms with Crippen molar-refractivity contribution in [2.45, 2.75) is 6.61 Å². The van der Waals surface area contributed by atoms with Gasteiger partial charge in [0.2, 0.25) is 10.0 Å². The molecule has 2 aromatic carbocycles. The quantitative estimate of drug-likeness (QED) is 0.523. The number of benzene rings is 2. The molecular formula is C25H24ClN3O5S. The number of sulfonamides is 1. The Morgan fingerprint density at radius 2 is 1.71 bits per heavy atom. The number of carbonyl (C=O) groups is 1. The van der Waals surface area contributed by atoms with Crippen LogP contribution in [0.15, 0.2) is 66.2 Å². The summed E-state index contributed by atoms with van der Waals surface area (Å²) < 4.78 is 26.7. The lowest BCUT2D eigenvalue weighted by molar-refractivity contribution is 0.0698. The molecule has 1 aliphatic heterocycles. The summed E-state index contributed by atoms with van der Waals surface area (Å²) in [4.78, 5) is 18.6. The number of aliphatic hydroxyl groups is 1. The van der Waals surface area contributed by atoms with Crippen molar-refractivity contribution in [2.24, 2.45) is 0 Å². The number of carbonyl (C=O) groups excluding carboxylic acids is 1. The van der Waals surface area contributed by atoms with Gasteiger partial charge in [-0.2, -0.15) is 4.31 Å². The van der Waals surface area contributed by atoms with Crippen molar-refractivity contribution in [3.8, 4) is 16.9 Å². The first-order valence-corrected chi connectivity index (χ1v) is 12.8. The van der Waals surface area contributed by atoms with Gasteiger partial charge in [-0.05, 0) is 59.7 Å². The highest BCUT2D eigenvalue weighted by atomic mass is 35.5. The summed E-state index contributed by atoms with van der Waals surface area (Å²) in [6.45, 7) is 0.730. The number of hydrogen-bond acceptors (Lipinski definition) is 6. The van der Waals surface area contributed by atoms with Gasteiger partial charge >= 0.3 is 0 Å². The number of amides is 1. The molecule has 0 saturated carbocycles. The molecule has 0 atom stereocenters. The zero-order valence-corrected chi connectivity index (χ0v) is 20.3. The molecule has 182 valence electrons. The molecule has 8 nitrogen and oxygen atoms in total. The van der Waals surface area contributed by atoms with Crippen LogP contribution in [-0.4, -0.2) is 64.9 Å². The number of phenolic OH excluding ortho intramolecular Hbond substituents is 1. The Kier molecular flexibility index (Phi) is 7.51. The second kappa shape index (κ2) is 10.6. The lowest BCUT2D eigenvalue weighted by Crippen LogP contribution is -2.50. The van der Waals surface area contributed by atoms with E-state index in [0.29, 0.717) is 21.8 Å². The maximum absolute atomic E-state index is 12.9. The van der Waals surface area contributed by atoms with Gasteiger partial charge in [-0.3, -0.25) is 9.78 Å². The highest BCUT2D eigenvalue weighted by Crippen LogP contribution is 2.24. The van der Waals surface area contributed by atoms with Crippen LogP contribution in [0.2, 0.25) is 5.02 Å². The molecule has 1 amide bonds. The van der Waals surface area contributed by atoms with Crippen LogP contribution in [0.25, 0.3) is 17.2 Å². The summed E-state index contributed by atoms with van der Waals surface area (Å²) in [6.07, 6.45) is 2.95. The second-order valence-corrected chi connectivity index (χ2v) is 10.3. The zero-order valence-electron chi connectivity index (χ0n) is 18.7. The minimum Gasteiger partial charge on any atom is -0.507 e. The summed E-state index contributed by atoms with van der Waals surface area (Å²) in [5.74, 6) is -0.274. The van der Waals surface area contributed by atoms with Crippen LogP contribution < -0.4 is 0 Å². The van der Waals surface area contributed by atoms with E-state index in [1.807, 2.05) is 18.2 Å². The number of aliphatic hydroxyl groups excluding tert-OH is 1. The average molecular weight is 514 g/mol. The Morgan fingerprint density at radius 3 is 2.37 bits per heavy atom. The predicted octanol–water partition coefficient (Wildman–Crippen LogP) is 3.36. The van der Waals surface area contributed by atoms with Gasteiger partial charge in [0.15, 0.2) is 0 Å². The van der Waals surface area contributed by atoms with Crippen molar-refractivity contribution in [3.05, 3.63) is 88.0 Å². The van der Waals surface area contributed by atoms with Crippen LogP contribution in [0.4, 0.5) is 0 Å². The average Bonchev–Trinajstić information content (AvgIpc) is 2.88. The number of halogens is 1. The Balaban J connectivity index is 1.38. The highest BCUT2D eigenvalue weighted by molar-refractivity contribution is 7.92. The van der Waals surface area contributed by atoms with Crippen molar-refractivity contribution < 1.29 is 23.4 Å². The third kappa shape index (κ3) is 5.88. The van der Waals surface area contributed by atoms with E-state index in [-0.39, 0.29) is 44.4 Å². The number of hydrogen-bond donors (Lipinski definition) is 2. The van der Waals surface area contributed by atoms with Gasteiger partial charge in [0.1, 0.15) is 5.75 Å². The van der Waals surface area contributed by atoms with E-state index < -0.39 is 10.0 Å². The van der Waals surface area contributed by atoms with E-state index >= 15 is 0 Å². The zero-order chi connectivity index (χ0) is 25.0. The summed E-state index contributed by atoms with van der Waals surface area (Å²) in [6, 6.07) is 15.2. The SMILES string of the molecule is O=C(c1ccc(-c2ccnc(CO)c2)cc1)N1CCN(S(=O)(=O)/C=C/c2ccc(Cl)cc2O)CC1. The molecule has 1 aliphatic rings. The minimum absolute atomic E-state index is 0.108. The van der Waals surface area contributed by atoms with Crippen molar-refractivity contribution in [2.75, 3.05) is 26.2 Å². The van der Waals surface area contributed by atoms with Crippen LogP contribution >= 0.6 is 11.6 Å². The monoisotopic (exact) mass is 513 g/mol. The van der Waals surface area contributed by atoms with Crippen molar-refractivity contribution in [3.63, 3.8) is 0 Å². The predicted molar refractivity (Wildman–Crippen MR) is 134 cm³/mol. The molecule has 0 bridgehead atoms. The van der Waals surface area contributed by atoms with Crippen molar-refractivity contribution in [1.29, 1.82) is 0 Å². The molecule has 1 saturated heterocycles. The fourth-order valence-electron chi connectivity index (χ4n) is 3.78. The Hall–Kier alpha value is -3.24. The molecule has 2 N–H and O–H groups in total. The fraction of sp³-hybridized carbons (Fsp3) is 0.200. The first-order chi connectivity index (χ1) is 16.8. The van der Waals surface area contributed by atoms with Gasteiger partial charge in [0, 0.05) is 53.9 Å². The molecule has 4 rings (SSSR count). The standard InChI is InChI=1S/C25H24ClN3O5S/c26-22-6-5-19(24(31)16-22)8-14-35(33,34)29-12-10-28(11-13-29)25(32)20-3-1-18(2-4-20)21-7-9-27-23(15-21)17-30/h1-9,14-16,30-31H,10-13,17H2/b14-8+. The van der Waals surface area contributed by atoms with E-state index in [1.165, 1.54) is 22.5 Å². The molecule has 1 fully saturated rings. The van der Waals surface area contributed by atoms with Crippen LogP contribution in [0.5, 0.6) is 5.75 Å². The smallest absolute Gasteiger partial charge is 0.253 e. The molecule has 0 aliphatic carbocycles. The van der Waals surface area contributed by atoms with E-state index in [9.17, 15) is 23.4 Å². The molecule has 3 aromatic rings. The van der Waals surface area contributed by atoms with E-state index in [2.05, 4.69) is 4.98 Å². The molecule has 1 aromatic heterocycles. The van der Waals surface area contributed by atoms with Gasteiger partial charge in [0.05, 0.1) is 12.3 Å². The number of phenols is 1. The number of rotatable bonds is 6. The molecule has 0 unspecified atom stereocenters. The molecule has 10 heteroatoms. The Morgan fingerprint density at radius 1 is 1.00 bits per heavy atom. The minimum atomic E-state index is -3.72. The molecular weight excluding hydrogens is 490 g/mol. The second-order valence-electron chi connectivity index (χ2n) is 8.01. The number of piperazine rings is 1. The topological polar surface area (TPSA) is 111 Å². The molecule has 35 heavy (non-hydrogen) atoms. The number of nitrogens with zero attached hydrogens (tertiary/aromatic N) is 3. The van der Waals surface area contributed by atoms with Gasteiger partial charge in [-0.25, -0.2) is 8.42 Å². The van der Waals surface area contributed by atoms with E-state index in [4.69, 9.17) is 11.6 Å². The summed E-state index contributed by atoms with van der Waals surface area (Å²) in [5.41, 5.74) is 3.21. The van der Waals surface area contributed by atoms with Crippen LogP contribution in [-0.2, 0) is 16.6 Å². The third-order valence-electron chi connectivity index (χ3n) is 5.74. The lowest BCUT2D eigenvalue weighted by atomic mass is 10.0. The third-order valence-corrected chi connectivity index (χ3v) is 7.54. The first kappa shape index (κ1) is 24.9. The summed E-state index contributed by atoms with van der Waals surface area (Å²) in [5, 5.41) is 20.6. The number of aromatic hydroxyl groups is 1. The summed E-state index contributed by atoms with van der Waals surface area (Å²) >= 11 is 5.81. The van der Waals surface area contributed by atoms with Crippen LogP contribution in [0, 0.1) is 0 Å². The van der Waals surface area contributed by atoms with Crippen LogP contribution in [0.3, 0.4) is 0 Å². The number of pyridine rings is 1. The molecule has 2 heterocycles. The molecule has 0 radical (unpaired) electrons. The summed E-state index contributed by atoms with van der Waals surface area (Å²) in [7, 11) is -3.72. The number of aromatic nitrogens is 1. The maximum atomic E-state index is 12.9. The van der Waals surface area contributed by atoms with Crippen molar-refractivity contribution >= 4 is 33.6 Å². The molecule has 0 spiro atoms. The Bertz CT molecular complexity index is 1350. The fourth-order valence-corrected chi connectivity index (χ4v) is 5.11. The normalized spacial score (nSPS) is 15.0. The van der Waals surface area contributed by atoms with Crippen LogP contribution in [0.1, 0.15) is 21.6 Å². The van der Waals surface area contributed by atoms with E-state index in [0.717, 1.165) is 16.5 Å². The van der Waals surface area contributed by atoms with Gasteiger partial charge in [-0.1, -0.05) is 23.7 Å². The largest absolute Gasteiger partial charge is 0.507 e.